The van der Waals surface area contributed by atoms with Gasteiger partial charge >= 0.3 is 12.1 Å². The molecule has 1 aromatic heterocycles. The summed E-state index contributed by atoms with van der Waals surface area (Å²) in [6.07, 6.45) is 0.198. The number of carbonyl (C=O) groups is 2. The van der Waals surface area contributed by atoms with Crippen molar-refractivity contribution in [3.8, 4) is 22.3 Å². The SMILES string of the molecule is CC(OC(=O)Nc1c(-c2ccc(-c3ccc(C4(C(=O)O)CC4)cc3)cc2)c(=O)[nH]n1C)c1ccccc1. The van der Waals surface area contributed by atoms with Crippen molar-refractivity contribution >= 4 is 17.9 Å². The van der Waals surface area contributed by atoms with Crippen LogP contribution in [0.2, 0.25) is 0 Å². The summed E-state index contributed by atoms with van der Waals surface area (Å²) in [5.41, 5.74) is 3.43. The summed E-state index contributed by atoms with van der Waals surface area (Å²) in [7, 11) is 1.64. The molecule has 1 amide bonds. The van der Waals surface area contributed by atoms with Crippen LogP contribution in [0.4, 0.5) is 10.6 Å². The molecule has 3 aromatic carbocycles. The highest BCUT2D eigenvalue weighted by molar-refractivity contribution is 5.90. The summed E-state index contributed by atoms with van der Waals surface area (Å²) in [5.74, 6) is -0.476. The number of carboxylic acid groups (broad SMARTS) is 1. The zero-order valence-corrected chi connectivity index (χ0v) is 20.5. The molecular formula is C29H27N3O5. The second-order valence-electron chi connectivity index (χ2n) is 9.35. The molecular weight excluding hydrogens is 470 g/mol. The third-order valence-corrected chi connectivity index (χ3v) is 6.95. The maximum atomic E-state index is 12.7. The number of carboxylic acids is 1. The summed E-state index contributed by atoms with van der Waals surface area (Å²) in [6, 6.07) is 24.4. The topological polar surface area (TPSA) is 113 Å². The maximum Gasteiger partial charge on any atom is 0.413 e. The van der Waals surface area contributed by atoms with Crippen molar-refractivity contribution in [2.75, 3.05) is 5.32 Å². The number of nitrogens with zero attached hydrogens (tertiary/aromatic N) is 1. The smallest absolute Gasteiger partial charge is 0.413 e. The van der Waals surface area contributed by atoms with E-state index in [1.165, 1.54) is 4.68 Å². The van der Waals surface area contributed by atoms with Crippen molar-refractivity contribution in [2.24, 2.45) is 7.05 Å². The number of aliphatic carboxylic acids is 1. The Labute approximate surface area is 213 Å². The number of carbonyl (C=O) groups excluding carboxylic acids is 1. The Kier molecular flexibility index (Phi) is 6.17. The zero-order valence-electron chi connectivity index (χ0n) is 20.5. The van der Waals surface area contributed by atoms with Crippen molar-refractivity contribution in [1.82, 2.24) is 9.78 Å². The van der Waals surface area contributed by atoms with E-state index in [2.05, 4.69) is 10.4 Å². The first kappa shape index (κ1) is 24.1. The zero-order chi connectivity index (χ0) is 26.2. The first-order valence-electron chi connectivity index (χ1n) is 12.0. The highest BCUT2D eigenvalue weighted by Crippen LogP contribution is 2.48. The van der Waals surface area contributed by atoms with E-state index in [1.807, 2.05) is 78.9 Å². The van der Waals surface area contributed by atoms with E-state index in [1.54, 1.807) is 14.0 Å². The van der Waals surface area contributed by atoms with Gasteiger partial charge in [0, 0.05) is 7.05 Å². The number of amides is 1. The second-order valence-corrected chi connectivity index (χ2v) is 9.35. The Morgan fingerprint density at radius 3 is 2.08 bits per heavy atom. The number of aryl methyl sites for hydroxylation is 1. The van der Waals surface area contributed by atoms with Gasteiger partial charge in [0.2, 0.25) is 0 Å². The number of rotatable bonds is 7. The van der Waals surface area contributed by atoms with Crippen LogP contribution in [0.15, 0.2) is 83.7 Å². The summed E-state index contributed by atoms with van der Waals surface area (Å²) < 4.78 is 6.96. The average molecular weight is 498 g/mol. The van der Waals surface area contributed by atoms with Gasteiger partial charge < -0.3 is 9.84 Å². The van der Waals surface area contributed by atoms with Crippen LogP contribution in [0.25, 0.3) is 22.3 Å². The number of anilines is 1. The number of benzene rings is 3. The Balaban J connectivity index is 1.34. The minimum atomic E-state index is -0.777. The molecule has 1 atom stereocenters. The van der Waals surface area contributed by atoms with Crippen LogP contribution >= 0.6 is 0 Å². The van der Waals surface area contributed by atoms with E-state index in [0.29, 0.717) is 29.8 Å². The molecule has 0 saturated heterocycles. The summed E-state index contributed by atoms with van der Waals surface area (Å²) in [5, 5.41) is 14.9. The van der Waals surface area contributed by atoms with Crippen molar-refractivity contribution in [2.45, 2.75) is 31.3 Å². The van der Waals surface area contributed by atoms with Crippen LogP contribution in [-0.2, 0) is 22.0 Å². The molecule has 1 saturated carbocycles. The predicted molar refractivity (Wildman–Crippen MR) is 140 cm³/mol. The van der Waals surface area contributed by atoms with Crippen molar-refractivity contribution in [3.63, 3.8) is 0 Å². The number of hydrogen-bond acceptors (Lipinski definition) is 4. The van der Waals surface area contributed by atoms with Gasteiger partial charge in [-0.3, -0.25) is 24.7 Å². The maximum absolute atomic E-state index is 12.7. The fraction of sp³-hybridized carbons (Fsp3) is 0.207. The predicted octanol–water partition coefficient (Wildman–Crippen LogP) is 5.47. The Bertz CT molecular complexity index is 1500. The van der Waals surface area contributed by atoms with E-state index in [-0.39, 0.29) is 5.56 Å². The Morgan fingerprint density at radius 1 is 0.946 bits per heavy atom. The highest BCUT2D eigenvalue weighted by atomic mass is 16.6. The Morgan fingerprint density at radius 2 is 1.51 bits per heavy atom. The quantitative estimate of drug-likeness (QED) is 0.313. The van der Waals surface area contributed by atoms with Crippen LogP contribution in [0.3, 0.4) is 0 Å². The largest absolute Gasteiger partial charge is 0.481 e. The van der Waals surface area contributed by atoms with Gasteiger partial charge in [0.25, 0.3) is 5.56 Å². The van der Waals surface area contributed by atoms with E-state index in [4.69, 9.17) is 4.74 Å². The number of aromatic nitrogens is 2. The van der Waals surface area contributed by atoms with Gasteiger partial charge in [-0.15, -0.1) is 0 Å². The molecule has 8 heteroatoms. The minimum absolute atomic E-state index is 0.302. The summed E-state index contributed by atoms with van der Waals surface area (Å²) in [6.45, 7) is 1.78. The molecule has 37 heavy (non-hydrogen) atoms. The molecule has 8 nitrogen and oxygen atoms in total. The van der Waals surface area contributed by atoms with Gasteiger partial charge in [-0.2, -0.15) is 0 Å². The van der Waals surface area contributed by atoms with Crippen LogP contribution < -0.4 is 10.9 Å². The van der Waals surface area contributed by atoms with Gasteiger partial charge in [0.1, 0.15) is 11.9 Å². The lowest BCUT2D eigenvalue weighted by Crippen LogP contribution is -2.19. The number of aromatic amines is 1. The van der Waals surface area contributed by atoms with E-state index in [0.717, 1.165) is 22.3 Å². The highest BCUT2D eigenvalue weighted by Gasteiger charge is 2.51. The fourth-order valence-corrected chi connectivity index (χ4v) is 4.59. The minimum Gasteiger partial charge on any atom is -0.481 e. The van der Waals surface area contributed by atoms with E-state index in [9.17, 15) is 19.5 Å². The molecule has 0 spiro atoms. The molecule has 0 aliphatic heterocycles. The van der Waals surface area contributed by atoms with Gasteiger partial charge in [0.15, 0.2) is 0 Å². The monoisotopic (exact) mass is 497 g/mol. The fourth-order valence-electron chi connectivity index (χ4n) is 4.59. The third kappa shape index (κ3) is 4.65. The second kappa shape index (κ2) is 9.46. The third-order valence-electron chi connectivity index (χ3n) is 6.95. The summed E-state index contributed by atoms with van der Waals surface area (Å²) in [4.78, 5) is 36.9. The average Bonchev–Trinajstić information content (AvgIpc) is 3.67. The molecule has 5 rings (SSSR count). The van der Waals surface area contributed by atoms with Crippen molar-refractivity contribution < 1.29 is 19.4 Å². The Hall–Kier alpha value is -4.59. The van der Waals surface area contributed by atoms with Crippen LogP contribution in [0.5, 0.6) is 0 Å². The molecule has 1 aliphatic rings. The molecule has 0 radical (unpaired) electrons. The molecule has 0 bridgehead atoms. The van der Waals surface area contributed by atoms with E-state index >= 15 is 0 Å². The molecule has 1 unspecified atom stereocenters. The van der Waals surface area contributed by atoms with Crippen molar-refractivity contribution in [1.29, 1.82) is 0 Å². The van der Waals surface area contributed by atoms with Gasteiger partial charge in [-0.05, 0) is 47.6 Å². The lowest BCUT2D eigenvalue weighted by molar-refractivity contribution is -0.140. The van der Waals surface area contributed by atoms with Crippen LogP contribution in [0, 0.1) is 0 Å². The molecule has 4 aromatic rings. The molecule has 1 heterocycles. The molecule has 1 fully saturated rings. The first-order chi connectivity index (χ1) is 17.8. The van der Waals surface area contributed by atoms with E-state index < -0.39 is 23.6 Å². The molecule has 188 valence electrons. The van der Waals surface area contributed by atoms with Crippen LogP contribution in [0.1, 0.15) is 37.0 Å². The number of hydrogen-bond donors (Lipinski definition) is 3. The van der Waals surface area contributed by atoms with Crippen LogP contribution in [-0.4, -0.2) is 26.9 Å². The number of ether oxygens (including phenoxy) is 1. The van der Waals surface area contributed by atoms with Gasteiger partial charge in [-0.1, -0.05) is 78.9 Å². The number of H-pyrrole nitrogens is 1. The number of nitrogens with one attached hydrogen (secondary N) is 2. The van der Waals surface area contributed by atoms with Gasteiger partial charge in [0.05, 0.1) is 11.0 Å². The standard InChI is InChI=1S/C29H27N3O5/c1-18(19-6-4-3-5-7-19)37-28(36)30-25-24(26(33)31-32(25)2)22-10-8-20(9-11-22)21-12-14-23(15-13-21)29(16-17-29)27(34)35/h3-15,18H,16-17H2,1-2H3,(H,30,36)(H,31,33)(H,34,35). The van der Waals surface area contributed by atoms with Crippen molar-refractivity contribution in [3.05, 3.63) is 100 Å². The molecule has 1 aliphatic carbocycles. The molecule has 3 N–H and O–H groups in total. The lowest BCUT2D eigenvalue weighted by atomic mass is 9.93. The normalized spacial score (nSPS) is 14.5. The summed E-state index contributed by atoms with van der Waals surface area (Å²) >= 11 is 0. The van der Waals surface area contributed by atoms with Gasteiger partial charge in [-0.25, -0.2) is 4.79 Å². The lowest BCUT2D eigenvalue weighted by Gasteiger charge is -2.15. The first-order valence-corrected chi connectivity index (χ1v) is 12.0.